The van der Waals surface area contributed by atoms with E-state index in [1.54, 1.807) is 24.4 Å². The molecular formula is C25H21ClFN5O2. The average Bonchev–Trinajstić information content (AvgIpc) is 2.85. The number of hydrogen-bond acceptors (Lipinski definition) is 6. The third-order valence-electron chi connectivity index (χ3n) is 4.81. The molecule has 0 spiro atoms. The number of fused-ring (bicyclic) bond motifs is 1. The maximum absolute atomic E-state index is 12.2. The number of amides is 1. The monoisotopic (exact) mass is 477 g/mol. The van der Waals surface area contributed by atoms with E-state index in [1.807, 2.05) is 49.4 Å². The molecule has 0 saturated heterocycles. The number of halogens is 2. The maximum atomic E-state index is 12.2. The van der Waals surface area contributed by atoms with Gasteiger partial charge in [-0.25, -0.2) is 14.4 Å². The normalized spacial score (nSPS) is 11.0. The van der Waals surface area contributed by atoms with Crippen molar-refractivity contribution in [3.8, 4) is 11.5 Å². The van der Waals surface area contributed by atoms with Crippen molar-refractivity contribution in [1.82, 2.24) is 20.3 Å². The Morgan fingerprint density at radius 1 is 1.12 bits per heavy atom. The molecular weight excluding hydrogens is 457 g/mol. The Morgan fingerprint density at radius 2 is 2.00 bits per heavy atom. The molecule has 7 nitrogen and oxygen atoms in total. The van der Waals surface area contributed by atoms with Crippen molar-refractivity contribution < 1.29 is 13.9 Å². The van der Waals surface area contributed by atoms with E-state index in [4.69, 9.17) is 16.3 Å². The number of aryl methyl sites for hydroxylation is 1. The van der Waals surface area contributed by atoms with Crippen molar-refractivity contribution in [2.24, 2.45) is 0 Å². The molecule has 0 saturated carbocycles. The lowest BCUT2D eigenvalue weighted by molar-refractivity contribution is -0.121. The summed E-state index contributed by atoms with van der Waals surface area (Å²) in [5.74, 6) is 1.07. The molecule has 4 aromatic rings. The Bertz CT molecular complexity index is 1350. The number of hydrogen-bond donors (Lipinski definition) is 2. The second kappa shape index (κ2) is 10.7. The van der Waals surface area contributed by atoms with Gasteiger partial charge in [-0.1, -0.05) is 29.8 Å². The molecule has 0 bridgehead atoms. The van der Waals surface area contributed by atoms with Crippen LogP contribution in [0.4, 0.5) is 15.9 Å². The number of alkyl halides is 1. The molecule has 172 valence electrons. The van der Waals surface area contributed by atoms with Gasteiger partial charge in [-0.3, -0.25) is 9.78 Å². The minimum Gasteiger partial charge on any atom is -0.454 e. The zero-order valence-corrected chi connectivity index (χ0v) is 19.0. The molecule has 2 aromatic carbocycles. The topological polar surface area (TPSA) is 89.0 Å². The number of ether oxygens (including phenoxy) is 1. The number of rotatable bonds is 8. The van der Waals surface area contributed by atoms with E-state index in [9.17, 15) is 9.18 Å². The number of pyridine rings is 1. The summed E-state index contributed by atoms with van der Waals surface area (Å²) in [5, 5.41) is 6.96. The SMILES string of the molecule is Cc1ccc(Oc2ccc(Nc3ncnc4ccc(C=CCNC(=O)CF)cc34)cc2Cl)cn1. The smallest absolute Gasteiger partial charge is 0.251 e. The second-order valence-electron chi connectivity index (χ2n) is 7.35. The molecule has 9 heteroatoms. The third kappa shape index (κ3) is 5.85. The van der Waals surface area contributed by atoms with Crippen LogP contribution < -0.4 is 15.4 Å². The molecule has 4 rings (SSSR count). The molecule has 0 aliphatic heterocycles. The van der Waals surface area contributed by atoms with Gasteiger partial charge >= 0.3 is 0 Å². The van der Waals surface area contributed by atoms with Crippen LogP contribution in [0.3, 0.4) is 0 Å². The molecule has 0 unspecified atom stereocenters. The zero-order valence-electron chi connectivity index (χ0n) is 18.3. The van der Waals surface area contributed by atoms with Crippen LogP contribution in [-0.4, -0.2) is 34.1 Å². The molecule has 2 aromatic heterocycles. The van der Waals surface area contributed by atoms with Crippen LogP contribution in [0, 0.1) is 6.92 Å². The third-order valence-corrected chi connectivity index (χ3v) is 5.11. The Kier molecular flexibility index (Phi) is 7.29. The van der Waals surface area contributed by atoms with Crippen LogP contribution in [0.15, 0.2) is 67.1 Å². The van der Waals surface area contributed by atoms with Gasteiger partial charge in [0, 0.05) is 23.3 Å². The summed E-state index contributed by atoms with van der Waals surface area (Å²) in [6, 6.07) is 14.8. The van der Waals surface area contributed by atoms with Gasteiger partial charge < -0.3 is 15.4 Å². The van der Waals surface area contributed by atoms with Crippen molar-refractivity contribution in [2.75, 3.05) is 18.5 Å². The van der Waals surface area contributed by atoms with E-state index in [-0.39, 0.29) is 6.54 Å². The lowest BCUT2D eigenvalue weighted by atomic mass is 10.1. The average molecular weight is 478 g/mol. The fraction of sp³-hybridized carbons (Fsp3) is 0.120. The number of anilines is 2. The quantitative estimate of drug-likeness (QED) is 0.342. The van der Waals surface area contributed by atoms with Gasteiger partial charge in [-0.05, 0) is 55.0 Å². The van der Waals surface area contributed by atoms with E-state index >= 15 is 0 Å². The summed E-state index contributed by atoms with van der Waals surface area (Å²) in [4.78, 5) is 23.9. The van der Waals surface area contributed by atoms with Crippen molar-refractivity contribution in [2.45, 2.75) is 6.92 Å². The molecule has 2 heterocycles. The van der Waals surface area contributed by atoms with E-state index in [0.29, 0.717) is 22.3 Å². The summed E-state index contributed by atoms with van der Waals surface area (Å²) >= 11 is 6.44. The highest BCUT2D eigenvalue weighted by Crippen LogP contribution is 2.33. The summed E-state index contributed by atoms with van der Waals surface area (Å²) in [5.41, 5.74) is 3.28. The van der Waals surface area contributed by atoms with Crippen LogP contribution >= 0.6 is 11.6 Å². The molecule has 0 aliphatic rings. The van der Waals surface area contributed by atoms with Crippen molar-refractivity contribution in [3.63, 3.8) is 0 Å². The van der Waals surface area contributed by atoms with Crippen molar-refractivity contribution in [1.29, 1.82) is 0 Å². The number of carbonyl (C=O) groups is 1. The zero-order chi connectivity index (χ0) is 23.9. The number of nitrogens with one attached hydrogen (secondary N) is 2. The lowest BCUT2D eigenvalue weighted by Crippen LogP contribution is -2.24. The van der Waals surface area contributed by atoms with Gasteiger partial charge in [0.05, 0.1) is 16.7 Å². The Hall–Kier alpha value is -4.04. The Labute approximate surface area is 200 Å². The lowest BCUT2D eigenvalue weighted by Gasteiger charge is -2.12. The molecule has 0 fully saturated rings. The second-order valence-corrected chi connectivity index (χ2v) is 7.75. The first kappa shape index (κ1) is 23.1. The number of aromatic nitrogens is 3. The van der Waals surface area contributed by atoms with Crippen LogP contribution in [0.25, 0.3) is 17.0 Å². The summed E-state index contributed by atoms with van der Waals surface area (Å²) in [7, 11) is 0. The standard InChI is InChI=1S/C25H21ClFN5O2/c1-16-4-7-19(14-29-16)34-23-9-6-18(12-21(23)26)32-25-20-11-17(3-2-10-28-24(33)13-27)5-8-22(20)30-15-31-25/h2-9,11-12,14-15H,10,13H2,1H3,(H,28,33)(H,30,31,32). The number of benzene rings is 2. The molecule has 0 radical (unpaired) electrons. The Balaban J connectivity index is 1.51. The van der Waals surface area contributed by atoms with E-state index in [0.717, 1.165) is 27.8 Å². The van der Waals surface area contributed by atoms with Crippen molar-refractivity contribution in [3.05, 3.63) is 83.4 Å². The number of carbonyl (C=O) groups excluding carboxylic acids is 1. The van der Waals surface area contributed by atoms with Crippen LogP contribution in [0.1, 0.15) is 11.3 Å². The molecule has 0 atom stereocenters. The van der Waals surface area contributed by atoms with E-state index in [2.05, 4.69) is 25.6 Å². The predicted octanol–water partition coefficient (Wildman–Crippen LogP) is 5.62. The van der Waals surface area contributed by atoms with Gasteiger partial charge in [0.2, 0.25) is 0 Å². The summed E-state index contributed by atoms with van der Waals surface area (Å²) < 4.78 is 18.0. The summed E-state index contributed by atoms with van der Waals surface area (Å²) in [6.45, 7) is 1.11. The minimum atomic E-state index is -1.03. The first-order valence-corrected chi connectivity index (χ1v) is 10.8. The van der Waals surface area contributed by atoms with Gasteiger partial charge in [-0.2, -0.15) is 0 Å². The molecule has 2 N–H and O–H groups in total. The largest absolute Gasteiger partial charge is 0.454 e. The molecule has 34 heavy (non-hydrogen) atoms. The van der Waals surface area contributed by atoms with Gasteiger partial charge in [0.15, 0.2) is 6.67 Å². The fourth-order valence-electron chi connectivity index (χ4n) is 3.13. The van der Waals surface area contributed by atoms with Crippen LogP contribution in [0.5, 0.6) is 11.5 Å². The van der Waals surface area contributed by atoms with Gasteiger partial charge in [0.25, 0.3) is 5.91 Å². The highest BCUT2D eigenvalue weighted by atomic mass is 35.5. The van der Waals surface area contributed by atoms with Gasteiger partial charge in [-0.15, -0.1) is 0 Å². The summed E-state index contributed by atoms with van der Waals surface area (Å²) in [6.07, 6.45) is 6.70. The predicted molar refractivity (Wildman–Crippen MR) is 131 cm³/mol. The van der Waals surface area contributed by atoms with Crippen LogP contribution in [-0.2, 0) is 4.79 Å². The highest BCUT2D eigenvalue weighted by molar-refractivity contribution is 6.32. The van der Waals surface area contributed by atoms with Crippen molar-refractivity contribution >= 4 is 46.0 Å². The number of nitrogens with zero attached hydrogens (tertiary/aromatic N) is 3. The van der Waals surface area contributed by atoms with E-state index < -0.39 is 12.6 Å². The Morgan fingerprint density at radius 3 is 2.76 bits per heavy atom. The maximum Gasteiger partial charge on any atom is 0.251 e. The first-order chi connectivity index (χ1) is 16.5. The minimum absolute atomic E-state index is 0.239. The first-order valence-electron chi connectivity index (χ1n) is 10.4. The molecule has 0 aliphatic carbocycles. The molecule has 1 amide bonds. The fourth-order valence-corrected chi connectivity index (χ4v) is 3.35. The van der Waals surface area contributed by atoms with Gasteiger partial charge in [0.1, 0.15) is 23.6 Å². The van der Waals surface area contributed by atoms with E-state index in [1.165, 1.54) is 6.33 Å². The van der Waals surface area contributed by atoms with Crippen LogP contribution in [0.2, 0.25) is 5.02 Å². The highest BCUT2D eigenvalue weighted by Gasteiger charge is 2.09.